The predicted molar refractivity (Wildman–Crippen MR) is 133 cm³/mol. The van der Waals surface area contributed by atoms with Gasteiger partial charge in [0.05, 0.1) is 5.71 Å². The smallest absolute Gasteiger partial charge is 0.302 e. The highest BCUT2D eigenvalue weighted by Gasteiger charge is 2.63. The molecule has 5 aliphatic rings. The predicted octanol–water partition coefficient (Wildman–Crippen LogP) is 6.05. The molecule has 1 heterocycles. The molecule has 1 aliphatic heterocycles. The lowest BCUT2D eigenvalue weighted by molar-refractivity contribution is -0.159. The molecule has 0 aromatic carbocycles. The highest BCUT2D eigenvalue weighted by atomic mass is 16.7. The van der Waals surface area contributed by atoms with Gasteiger partial charge in [-0.2, -0.15) is 0 Å². The third-order valence-corrected chi connectivity index (χ3v) is 11.1. The van der Waals surface area contributed by atoms with Gasteiger partial charge in [-0.05, 0) is 92.3 Å². The summed E-state index contributed by atoms with van der Waals surface area (Å²) in [5, 5.41) is 16.2. The maximum Gasteiger partial charge on any atom is 0.302 e. The van der Waals surface area contributed by atoms with Gasteiger partial charge in [0.1, 0.15) is 11.7 Å². The minimum absolute atomic E-state index is 0.0533. The van der Waals surface area contributed by atoms with Crippen molar-refractivity contribution in [3.8, 4) is 0 Å². The van der Waals surface area contributed by atoms with E-state index in [0.29, 0.717) is 23.7 Å². The number of hydrogen-bond acceptors (Lipinski definition) is 5. The Balaban J connectivity index is 1.35. The molecule has 190 valence electrons. The van der Waals surface area contributed by atoms with Crippen molar-refractivity contribution >= 4 is 11.7 Å². The van der Waals surface area contributed by atoms with E-state index in [-0.39, 0.29) is 34.9 Å². The Kier molecular flexibility index (Phi) is 5.98. The van der Waals surface area contributed by atoms with E-state index >= 15 is 0 Å². The van der Waals surface area contributed by atoms with E-state index in [4.69, 9.17) is 9.57 Å². The average Bonchev–Trinajstić information content (AvgIpc) is 3.39. The van der Waals surface area contributed by atoms with Gasteiger partial charge in [-0.3, -0.25) is 4.79 Å². The summed E-state index contributed by atoms with van der Waals surface area (Å²) in [6.07, 6.45) is 11.9. The van der Waals surface area contributed by atoms with E-state index in [2.05, 4.69) is 38.9 Å². The highest BCUT2D eigenvalue weighted by molar-refractivity contribution is 5.87. The van der Waals surface area contributed by atoms with Crippen molar-refractivity contribution in [1.82, 2.24) is 0 Å². The molecule has 4 aliphatic carbocycles. The molecule has 0 aromatic rings. The van der Waals surface area contributed by atoms with E-state index in [1.165, 1.54) is 31.8 Å². The first-order chi connectivity index (χ1) is 16.0. The summed E-state index contributed by atoms with van der Waals surface area (Å²) in [6, 6.07) is 0. The fraction of sp³-hybridized carbons (Fsp3) is 0.862. The summed E-state index contributed by atoms with van der Waals surface area (Å²) in [5.41, 5.74) is 2.13. The van der Waals surface area contributed by atoms with Gasteiger partial charge in [0.2, 0.25) is 0 Å². The van der Waals surface area contributed by atoms with Crippen LogP contribution in [0.15, 0.2) is 16.8 Å². The van der Waals surface area contributed by atoms with Crippen LogP contribution in [-0.2, 0) is 14.4 Å². The largest absolute Gasteiger partial charge is 0.462 e. The van der Waals surface area contributed by atoms with E-state index in [1.807, 2.05) is 6.92 Å². The van der Waals surface area contributed by atoms with Gasteiger partial charge in [0.15, 0.2) is 6.10 Å². The Morgan fingerprint density at radius 1 is 1.18 bits per heavy atom. The van der Waals surface area contributed by atoms with E-state index in [0.717, 1.165) is 44.2 Å². The summed E-state index contributed by atoms with van der Waals surface area (Å²) in [7, 11) is 0. The Hall–Kier alpha value is -1.36. The summed E-state index contributed by atoms with van der Waals surface area (Å²) >= 11 is 0. The fourth-order valence-electron chi connectivity index (χ4n) is 9.20. The van der Waals surface area contributed by atoms with Gasteiger partial charge < -0.3 is 14.7 Å². The zero-order chi connectivity index (χ0) is 24.5. The summed E-state index contributed by atoms with van der Waals surface area (Å²) < 4.78 is 5.60. The first-order valence-corrected chi connectivity index (χ1v) is 13.8. The second-order valence-electron chi connectivity index (χ2n) is 13.2. The number of hydrogen-bond donors (Lipinski definition) is 1. The Labute approximate surface area is 205 Å². The number of nitrogens with zero attached hydrogens (tertiary/aromatic N) is 1. The molecule has 0 radical (unpaired) electrons. The van der Waals surface area contributed by atoms with Gasteiger partial charge in [-0.15, -0.1) is 0 Å². The number of carbonyl (C=O) groups is 1. The number of aliphatic hydroxyl groups is 1. The van der Waals surface area contributed by atoms with E-state index < -0.39 is 5.60 Å². The van der Waals surface area contributed by atoms with Gasteiger partial charge >= 0.3 is 5.97 Å². The maximum atomic E-state index is 11.9. The monoisotopic (exact) mass is 471 g/mol. The lowest BCUT2D eigenvalue weighted by Crippen LogP contribution is -2.55. The van der Waals surface area contributed by atoms with Crippen molar-refractivity contribution in [2.24, 2.45) is 45.6 Å². The second-order valence-corrected chi connectivity index (χ2v) is 13.2. The highest BCUT2D eigenvalue weighted by Crippen LogP contribution is 2.68. The normalized spacial score (nSPS) is 45.3. The van der Waals surface area contributed by atoms with E-state index in [9.17, 15) is 9.90 Å². The van der Waals surface area contributed by atoms with Gasteiger partial charge in [0, 0.05) is 19.8 Å². The van der Waals surface area contributed by atoms with Crippen molar-refractivity contribution in [2.45, 2.75) is 117 Å². The van der Waals surface area contributed by atoms with Crippen molar-refractivity contribution in [3.05, 3.63) is 11.6 Å². The molecule has 5 rings (SSSR count). The molecule has 34 heavy (non-hydrogen) atoms. The molecule has 5 nitrogen and oxygen atoms in total. The number of ether oxygens (including phenoxy) is 1. The van der Waals surface area contributed by atoms with Crippen LogP contribution in [-0.4, -0.2) is 34.6 Å². The number of oxime groups is 1. The zero-order valence-corrected chi connectivity index (χ0v) is 22.1. The molecule has 3 fully saturated rings. The van der Waals surface area contributed by atoms with Crippen molar-refractivity contribution in [1.29, 1.82) is 0 Å². The number of carbonyl (C=O) groups excluding carboxylic acids is 1. The van der Waals surface area contributed by atoms with Crippen molar-refractivity contribution in [3.63, 3.8) is 0 Å². The molecule has 0 saturated heterocycles. The van der Waals surface area contributed by atoms with Crippen LogP contribution in [0.1, 0.15) is 99.3 Å². The maximum absolute atomic E-state index is 11.9. The van der Waals surface area contributed by atoms with Gasteiger partial charge in [-0.25, -0.2) is 0 Å². The SMILES string of the molecule is CC(=O)O[C@H]1CC[C@@]2(C)C(=CC[C@H]3[C@H]2CC[C@]2(C)[C@@H]([C@@](C)(O)[C@H]4CC(C(C)C)=NO4)CC[C@@H]32)C1. The number of esters is 1. The Morgan fingerprint density at radius 3 is 2.62 bits per heavy atom. The molecule has 1 N–H and O–H groups in total. The van der Waals surface area contributed by atoms with Crippen LogP contribution >= 0.6 is 0 Å². The first kappa shape index (κ1) is 24.3. The van der Waals surface area contributed by atoms with Crippen LogP contribution in [0.3, 0.4) is 0 Å². The lowest BCUT2D eigenvalue weighted by atomic mass is 9.46. The molecule has 5 heteroatoms. The van der Waals surface area contributed by atoms with Crippen LogP contribution in [0.4, 0.5) is 0 Å². The Morgan fingerprint density at radius 2 is 1.94 bits per heavy atom. The fourth-order valence-corrected chi connectivity index (χ4v) is 9.20. The van der Waals surface area contributed by atoms with Crippen LogP contribution in [0.25, 0.3) is 0 Å². The van der Waals surface area contributed by atoms with Crippen LogP contribution in [0.5, 0.6) is 0 Å². The molecule has 3 saturated carbocycles. The van der Waals surface area contributed by atoms with Crippen LogP contribution < -0.4 is 0 Å². The number of rotatable bonds is 4. The van der Waals surface area contributed by atoms with Gasteiger partial charge in [0.25, 0.3) is 0 Å². The van der Waals surface area contributed by atoms with E-state index in [1.54, 1.807) is 0 Å². The molecular weight excluding hydrogens is 426 g/mol. The summed E-state index contributed by atoms with van der Waals surface area (Å²) in [5.74, 6) is 2.49. The molecule has 0 spiro atoms. The minimum atomic E-state index is -0.863. The van der Waals surface area contributed by atoms with Gasteiger partial charge in [-0.1, -0.05) is 44.5 Å². The quantitative estimate of drug-likeness (QED) is 0.400. The summed E-state index contributed by atoms with van der Waals surface area (Å²) in [4.78, 5) is 17.4. The van der Waals surface area contributed by atoms with Crippen LogP contribution in [0, 0.1) is 40.4 Å². The third kappa shape index (κ3) is 3.67. The number of fused-ring (bicyclic) bond motifs is 5. The second kappa shape index (κ2) is 8.35. The van der Waals surface area contributed by atoms with Crippen molar-refractivity contribution < 1.29 is 19.5 Å². The lowest BCUT2D eigenvalue weighted by Gasteiger charge is -2.59. The summed E-state index contributed by atoms with van der Waals surface area (Å²) in [6.45, 7) is 12.8. The molecule has 0 amide bonds. The average molecular weight is 472 g/mol. The van der Waals surface area contributed by atoms with Crippen molar-refractivity contribution in [2.75, 3.05) is 0 Å². The zero-order valence-electron chi connectivity index (χ0n) is 22.1. The number of allylic oxidation sites excluding steroid dienone is 1. The van der Waals surface area contributed by atoms with Crippen LogP contribution in [0.2, 0.25) is 0 Å². The molecular formula is C29H45NO4. The Bertz CT molecular complexity index is 891. The topological polar surface area (TPSA) is 68.1 Å². The standard InChI is InChI=1S/C29H45NO4/c1-17(2)24-16-26(34-30-24)29(6,32)25-10-9-22-21-8-7-19-15-20(33-18(3)31)11-13-27(19,4)23(21)12-14-28(22,25)5/h7,17,20-23,25-26,32H,8-16H2,1-6H3/t20-,21+,22-,23+,25-,26+,27-,28-,29+/m0/s1. The molecule has 0 aromatic heterocycles. The third-order valence-electron chi connectivity index (χ3n) is 11.1. The molecule has 0 bridgehead atoms. The minimum Gasteiger partial charge on any atom is -0.462 e. The first-order valence-electron chi connectivity index (χ1n) is 13.8. The molecule has 0 unspecified atom stereocenters. The molecule has 9 atom stereocenters.